The molecule has 0 spiro atoms. The number of nitrogens with one attached hydrogen (secondary N) is 1. The zero-order chi connectivity index (χ0) is 27.2. The van der Waals surface area contributed by atoms with Crippen LogP contribution in [-0.2, 0) is 26.2 Å². The Morgan fingerprint density at radius 1 is 0.892 bits per heavy atom. The standard InChI is InChI=1S/C29H35N3O4S/c1-6-26(29(34)30-5)31(19-24-10-8-7-9-11-24)28(33)20-32(27-17-14-22(3)18-23(27)4)37(35,36)25-15-12-21(2)13-16-25/h7-18,26H,6,19-20H2,1-5H3,(H,30,34)/t26-/m0/s1. The van der Waals surface area contributed by atoms with E-state index in [1.807, 2.05) is 70.2 Å². The van der Waals surface area contributed by atoms with Crippen LogP contribution in [0.3, 0.4) is 0 Å². The highest BCUT2D eigenvalue weighted by molar-refractivity contribution is 7.92. The summed E-state index contributed by atoms with van der Waals surface area (Å²) in [6, 6.07) is 20.6. The average Bonchev–Trinajstić information content (AvgIpc) is 2.88. The van der Waals surface area contributed by atoms with Gasteiger partial charge >= 0.3 is 0 Å². The maximum absolute atomic E-state index is 13.9. The number of hydrogen-bond acceptors (Lipinski definition) is 4. The van der Waals surface area contributed by atoms with E-state index < -0.39 is 28.5 Å². The molecule has 0 fully saturated rings. The highest BCUT2D eigenvalue weighted by atomic mass is 32.2. The molecule has 0 bridgehead atoms. The van der Waals surface area contributed by atoms with Crippen molar-refractivity contribution >= 4 is 27.5 Å². The zero-order valence-corrected chi connectivity index (χ0v) is 22.9. The summed E-state index contributed by atoms with van der Waals surface area (Å²) < 4.78 is 29.0. The van der Waals surface area contributed by atoms with Gasteiger partial charge in [0.25, 0.3) is 10.0 Å². The molecule has 3 aromatic rings. The van der Waals surface area contributed by atoms with Crippen molar-refractivity contribution in [2.75, 3.05) is 17.9 Å². The molecule has 0 saturated carbocycles. The lowest BCUT2D eigenvalue weighted by molar-refractivity contribution is -0.140. The number of anilines is 1. The third-order valence-electron chi connectivity index (χ3n) is 6.34. The molecule has 8 heteroatoms. The lowest BCUT2D eigenvalue weighted by Gasteiger charge is -2.33. The fraction of sp³-hybridized carbons (Fsp3) is 0.310. The third kappa shape index (κ3) is 6.57. The van der Waals surface area contributed by atoms with Gasteiger partial charge in [0.2, 0.25) is 11.8 Å². The molecule has 0 aliphatic heterocycles. The number of rotatable bonds is 10. The van der Waals surface area contributed by atoms with Crippen molar-refractivity contribution in [3.05, 3.63) is 95.1 Å². The largest absolute Gasteiger partial charge is 0.357 e. The van der Waals surface area contributed by atoms with Crippen molar-refractivity contribution in [3.63, 3.8) is 0 Å². The molecule has 0 aliphatic carbocycles. The Morgan fingerprint density at radius 3 is 2.08 bits per heavy atom. The van der Waals surface area contributed by atoms with E-state index in [0.29, 0.717) is 12.1 Å². The topological polar surface area (TPSA) is 86.8 Å². The van der Waals surface area contributed by atoms with Crippen LogP contribution >= 0.6 is 0 Å². The van der Waals surface area contributed by atoms with E-state index in [2.05, 4.69) is 5.32 Å². The average molecular weight is 522 g/mol. The SMILES string of the molecule is CC[C@@H](C(=O)NC)N(Cc1ccccc1)C(=O)CN(c1ccc(C)cc1C)S(=O)(=O)c1ccc(C)cc1. The van der Waals surface area contributed by atoms with Crippen molar-refractivity contribution in [3.8, 4) is 0 Å². The van der Waals surface area contributed by atoms with Gasteiger partial charge in [0.05, 0.1) is 10.6 Å². The van der Waals surface area contributed by atoms with Crippen LogP contribution < -0.4 is 9.62 Å². The zero-order valence-electron chi connectivity index (χ0n) is 22.1. The summed E-state index contributed by atoms with van der Waals surface area (Å²) in [7, 11) is -2.55. The highest BCUT2D eigenvalue weighted by Gasteiger charge is 2.33. The monoisotopic (exact) mass is 521 g/mol. The maximum atomic E-state index is 13.9. The number of likely N-dealkylation sites (N-methyl/N-ethyl adjacent to an activating group) is 1. The minimum atomic E-state index is -4.08. The molecule has 0 saturated heterocycles. The van der Waals surface area contributed by atoms with Gasteiger partial charge in [-0.1, -0.05) is 72.6 Å². The van der Waals surface area contributed by atoms with Gasteiger partial charge in [-0.05, 0) is 56.5 Å². The Hall–Kier alpha value is -3.65. The first-order valence-electron chi connectivity index (χ1n) is 12.3. The molecular formula is C29H35N3O4S. The molecule has 0 aromatic heterocycles. The fourth-order valence-corrected chi connectivity index (χ4v) is 5.78. The van der Waals surface area contributed by atoms with Crippen LogP contribution in [0.4, 0.5) is 5.69 Å². The number of sulfonamides is 1. The van der Waals surface area contributed by atoms with Gasteiger partial charge < -0.3 is 10.2 Å². The highest BCUT2D eigenvalue weighted by Crippen LogP contribution is 2.28. The molecule has 3 aromatic carbocycles. The predicted molar refractivity (Wildman–Crippen MR) is 147 cm³/mol. The molecule has 37 heavy (non-hydrogen) atoms. The second-order valence-electron chi connectivity index (χ2n) is 9.16. The summed E-state index contributed by atoms with van der Waals surface area (Å²) in [6.45, 7) is 7.20. The fourth-order valence-electron chi connectivity index (χ4n) is 4.30. The van der Waals surface area contributed by atoms with Crippen LogP contribution in [0.1, 0.15) is 35.6 Å². The summed E-state index contributed by atoms with van der Waals surface area (Å²) >= 11 is 0. The predicted octanol–water partition coefficient (Wildman–Crippen LogP) is 4.36. The number of amides is 2. The second-order valence-corrected chi connectivity index (χ2v) is 11.0. The number of hydrogen-bond donors (Lipinski definition) is 1. The van der Waals surface area contributed by atoms with Crippen molar-refractivity contribution in [1.29, 1.82) is 0 Å². The van der Waals surface area contributed by atoms with Gasteiger partial charge in [0.1, 0.15) is 12.6 Å². The summed E-state index contributed by atoms with van der Waals surface area (Å²) in [6.07, 6.45) is 0.381. The molecule has 196 valence electrons. The molecule has 0 radical (unpaired) electrons. The van der Waals surface area contributed by atoms with E-state index in [1.165, 1.54) is 11.9 Å². The van der Waals surface area contributed by atoms with Gasteiger partial charge in [0, 0.05) is 13.6 Å². The minimum absolute atomic E-state index is 0.0961. The Balaban J connectivity index is 2.09. The van der Waals surface area contributed by atoms with Crippen molar-refractivity contribution in [2.45, 2.75) is 51.6 Å². The Labute approximate surface area is 220 Å². The molecule has 0 aliphatic rings. The van der Waals surface area contributed by atoms with Crippen LogP contribution in [0.15, 0.2) is 77.7 Å². The van der Waals surface area contributed by atoms with Crippen LogP contribution in [0.2, 0.25) is 0 Å². The summed E-state index contributed by atoms with van der Waals surface area (Å²) in [5.74, 6) is -0.763. The van der Waals surface area contributed by atoms with Crippen LogP contribution in [0.25, 0.3) is 0 Å². The molecule has 3 rings (SSSR count). The normalized spacial score (nSPS) is 12.0. The molecule has 0 heterocycles. The first-order valence-corrected chi connectivity index (χ1v) is 13.7. The lowest BCUT2D eigenvalue weighted by atomic mass is 10.1. The van der Waals surface area contributed by atoms with E-state index in [0.717, 1.165) is 26.6 Å². The van der Waals surface area contributed by atoms with Gasteiger partial charge in [-0.15, -0.1) is 0 Å². The smallest absolute Gasteiger partial charge is 0.264 e. The van der Waals surface area contributed by atoms with E-state index in [4.69, 9.17) is 0 Å². The Morgan fingerprint density at radius 2 is 1.51 bits per heavy atom. The van der Waals surface area contributed by atoms with E-state index in [1.54, 1.807) is 30.3 Å². The molecule has 2 amide bonds. The van der Waals surface area contributed by atoms with Gasteiger partial charge in [-0.3, -0.25) is 13.9 Å². The second kappa shape index (κ2) is 12.1. The Kier molecular flexibility index (Phi) is 9.10. The molecule has 7 nitrogen and oxygen atoms in total. The maximum Gasteiger partial charge on any atom is 0.264 e. The number of benzene rings is 3. The van der Waals surface area contributed by atoms with Crippen LogP contribution in [-0.4, -0.2) is 44.8 Å². The molecule has 1 atom stereocenters. The van der Waals surface area contributed by atoms with Gasteiger partial charge in [-0.2, -0.15) is 0 Å². The Bertz CT molecular complexity index is 1340. The summed E-state index contributed by atoms with van der Waals surface area (Å²) in [5, 5.41) is 2.63. The first-order chi connectivity index (χ1) is 17.6. The molecule has 1 N–H and O–H groups in total. The van der Waals surface area contributed by atoms with E-state index in [-0.39, 0.29) is 17.3 Å². The first kappa shape index (κ1) is 27.9. The number of carbonyl (C=O) groups is 2. The van der Waals surface area contributed by atoms with Gasteiger partial charge in [0.15, 0.2) is 0 Å². The van der Waals surface area contributed by atoms with E-state index >= 15 is 0 Å². The number of aryl methyl sites for hydroxylation is 3. The molecular weight excluding hydrogens is 486 g/mol. The van der Waals surface area contributed by atoms with E-state index in [9.17, 15) is 18.0 Å². The van der Waals surface area contributed by atoms with Crippen LogP contribution in [0, 0.1) is 20.8 Å². The third-order valence-corrected chi connectivity index (χ3v) is 8.11. The van der Waals surface area contributed by atoms with Crippen LogP contribution in [0.5, 0.6) is 0 Å². The number of nitrogens with zero attached hydrogens (tertiary/aromatic N) is 2. The minimum Gasteiger partial charge on any atom is -0.357 e. The van der Waals surface area contributed by atoms with Crippen molar-refractivity contribution in [2.24, 2.45) is 0 Å². The molecule has 0 unspecified atom stereocenters. The summed E-state index contributed by atoms with van der Waals surface area (Å²) in [5.41, 5.74) is 3.91. The van der Waals surface area contributed by atoms with Gasteiger partial charge in [-0.25, -0.2) is 8.42 Å². The number of carbonyl (C=O) groups excluding carboxylic acids is 2. The quantitative estimate of drug-likeness (QED) is 0.430. The van der Waals surface area contributed by atoms with Crippen molar-refractivity contribution in [1.82, 2.24) is 10.2 Å². The van der Waals surface area contributed by atoms with Crippen molar-refractivity contribution < 1.29 is 18.0 Å². The summed E-state index contributed by atoms with van der Waals surface area (Å²) in [4.78, 5) is 28.2. The lowest BCUT2D eigenvalue weighted by Crippen LogP contribution is -2.51.